The molecule has 5 rings (SSSR count). The van der Waals surface area contributed by atoms with Gasteiger partial charge in [-0.15, -0.1) is 0 Å². The largest absolute Gasteiger partial charge is 0.468 e. The van der Waals surface area contributed by atoms with E-state index < -0.39 is 28.8 Å². The van der Waals surface area contributed by atoms with Crippen LogP contribution in [0.4, 0.5) is 0 Å². The second kappa shape index (κ2) is 5.78. The number of rotatable bonds is 1. The van der Waals surface area contributed by atoms with Gasteiger partial charge in [-0.3, -0.25) is 14.4 Å². The van der Waals surface area contributed by atoms with Crippen molar-refractivity contribution < 1.29 is 24.2 Å². The summed E-state index contributed by atoms with van der Waals surface area (Å²) in [6, 6.07) is 0. The molecular weight excluding hydrogens is 368 g/mol. The standard InChI is InChI=1S/C24H28O5/c1-22-8-5-15-18-14(6-11-24(15,22)17(26)7-9-22)23(2)10-4-13(25)12-16(23)20(27)19(18)21(28)29-3/h5,12,19-20,27H,4,6-11H2,1-3H3/t19-,20+,22-,23?,24+/m0/s1. The third kappa shape index (κ3) is 2.07. The quantitative estimate of drug-likeness (QED) is 0.689. The predicted molar refractivity (Wildman–Crippen MR) is 106 cm³/mol. The van der Waals surface area contributed by atoms with Crippen LogP contribution < -0.4 is 0 Å². The van der Waals surface area contributed by atoms with E-state index in [1.54, 1.807) is 6.08 Å². The monoisotopic (exact) mass is 396 g/mol. The van der Waals surface area contributed by atoms with E-state index in [-0.39, 0.29) is 17.0 Å². The summed E-state index contributed by atoms with van der Waals surface area (Å²) in [4.78, 5) is 38.3. The Bertz CT molecular complexity index is 952. The zero-order valence-corrected chi connectivity index (χ0v) is 17.3. The molecule has 29 heavy (non-hydrogen) atoms. The van der Waals surface area contributed by atoms with E-state index in [4.69, 9.17) is 4.74 Å². The summed E-state index contributed by atoms with van der Waals surface area (Å²) in [6.07, 6.45) is 7.42. The van der Waals surface area contributed by atoms with Gasteiger partial charge in [-0.25, -0.2) is 0 Å². The van der Waals surface area contributed by atoms with E-state index in [1.807, 2.05) is 0 Å². The van der Waals surface area contributed by atoms with Gasteiger partial charge >= 0.3 is 5.97 Å². The molecule has 5 aliphatic rings. The molecule has 0 aliphatic heterocycles. The average molecular weight is 396 g/mol. The lowest BCUT2D eigenvalue weighted by Gasteiger charge is -2.53. The van der Waals surface area contributed by atoms with E-state index >= 15 is 0 Å². The van der Waals surface area contributed by atoms with E-state index in [9.17, 15) is 19.5 Å². The number of fused-ring (bicyclic) bond motifs is 3. The van der Waals surface area contributed by atoms with Crippen LogP contribution in [0.2, 0.25) is 0 Å². The fourth-order valence-electron chi connectivity index (χ4n) is 7.23. The first-order valence-corrected chi connectivity index (χ1v) is 10.7. The Kier molecular flexibility index (Phi) is 3.78. The number of carbonyl (C=O) groups excluding carboxylic acids is 3. The summed E-state index contributed by atoms with van der Waals surface area (Å²) in [5.41, 5.74) is 2.47. The second-order valence-electron chi connectivity index (χ2n) is 9.95. The van der Waals surface area contributed by atoms with Gasteiger partial charge < -0.3 is 9.84 Å². The van der Waals surface area contributed by atoms with E-state index in [2.05, 4.69) is 19.9 Å². The summed E-state index contributed by atoms with van der Waals surface area (Å²) in [5, 5.41) is 11.3. The number of allylic oxidation sites excluding steroid dienone is 4. The SMILES string of the molecule is COC(=O)[C@H]1C2=C(CC[C@@]34C(=O)CC[C@]3(C)CC=C24)C2(C)CCC(=O)C=C2[C@H]1O. The van der Waals surface area contributed by atoms with Gasteiger partial charge in [-0.2, -0.15) is 0 Å². The summed E-state index contributed by atoms with van der Waals surface area (Å²) in [5.74, 6) is -1.10. The highest BCUT2D eigenvalue weighted by Crippen LogP contribution is 2.70. The Morgan fingerprint density at radius 1 is 1.14 bits per heavy atom. The van der Waals surface area contributed by atoms with Crippen LogP contribution in [0.1, 0.15) is 58.8 Å². The number of aliphatic hydroxyl groups excluding tert-OH is 1. The Morgan fingerprint density at radius 3 is 2.62 bits per heavy atom. The molecule has 0 bridgehead atoms. The van der Waals surface area contributed by atoms with Gasteiger partial charge in [0.05, 0.1) is 18.6 Å². The van der Waals surface area contributed by atoms with Gasteiger partial charge in [0.15, 0.2) is 5.78 Å². The number of carbonyl (C=O) groups is 3. The van der Waals surface area contributed by atoms with Gasteiger partial charge in [0.2, 0.25) is 0 Å². The van der Waals surface area contributed by atoms with Crippen LogP contribution in [0.3, 0.4) is 0 Å². The Morgan fingerprint density at radius 2 is 1.90 bits per heavy atom. The molecule has 0 radical (unpaired) electrons. The van der Waals surface area contributed by atoms with Gasteiger partial charge in [0.1, 0.15) is 11.7 Å². The number of ketones is 2. The molecule has 0 heterocycles. The molecule has 1 saturated carbocycles. The molecule has 0 aromatic carbocycles. The van der Waals surface area contributed by atoms with Crippen LogP contribution in [-0.2, 0) is 19.1 Å². The molecule has 5 heteroatoms. The van der Waals surface area contributed by atoms with Crippen molar-refractivity contribution in [3.8, 4) is 0 Å². The third-order valence-corrected chi connectivity index (χ3v) is 8.88. The molecule has 1 spiro atoms. The minimum Gasteiger partial charge on any atom is -0.468 e. The normalized spacial score (nSPS) is 43.2. The minimum absolute atomic E-state index is 0.00454. The highest BCUT2D eigenvalue weighted by atomic mass is 16.5. The Balaban J connectivity index is 1.78. The van der Waals surface area contributed by atoms with Crippen molar-refractivity contribution in [2.24, 2.45) is 22.2 Å². The first-order valence-electron chi connectivity index (χ1n) is 10.7. The average Bonchev–Trinajstić information content (AvgIpc) is 3.13. The molecule has 154 valence electrons. The molecule has 5 atom stereocenters. The molecular formula is C24H28O5. The summed E-state index contributed by atoms with van der Waals surface area (Å²) in [6.45, 7) is 4.28. The zero-order valence-electron chi connectivity index (χ0n) is 17.3. The first-order chi connectivity index (χ1) is 13.7. The van der Waals surface area contributed by atoms with Gasteiger partial charge in [0, 0.05) is 18.3 Å². The number of hydrogen-bond acceptors (Lipinski definition) is 5. The number of ether oxygens (including phenoxy) is 1. The topological polar surface area (TPSA) is 80.7 Å². The van der Waals surface area contributed by atoms with Gasteiger partial charge in [0.25, 0.3) is 0 Å². The van der Waals surface area contributed by atoms with Crippen molar-refractivity contribution in [1.29, 1.82) is 0 Å². The molecule has 0 aromatic heterocycles. The van der Waals surface area contributed by atoms with Crippen LogP contribution >= 0.6 is 0 Å². The lowest BCUT2D eigenvalue weighted by molar-refractivity contribution is -0.148. The van der Waals surface area contributed by atoms with Crippen LogP contribution in [-0.4, -0.2) is 35.9 Å². The van der Waals surface area contributed by atoms with Crippen LogP contribution in [0.15, 0.2) is 34.4 Å². The molecule has 0 aromatic rings. The maximum absolute atomic E-state index is 13.2. The van der Waals surface area contributed by atoms with Gasteiger partial charge in [-0.05, 0) is 60.3 Å². The number of esters is 1. The molecule has 0 saturated heterocycles. The van der Waals surface area contributed by atoms with E-state index in [1.165, 1.54) is 7.11 Å². The molecule has 1 fully saturated rings. The summed E-state index contributed by atoms with van der Waals surface area (Å²) >= 11 is 0. The van der Waals surface area contributed by atoms with Crippen LogP contribution in [0.5, 0.6) is 0 Å². The van der Waals surface area contributed by atoms with Crippen molar-refractivity contribution in [2.45, 2.75) is 64.9 Å². The van der Waals surface area contributed by atoms with Crippen molar-refractivity contribution in [1.82, 2.24) is 0 Å². The number of Topliss-reactive ketones (excluding diaryl/α,β-unsaturated/α-hetero) is 1. The van der Waals surface area contributed by atoms with Crippen molar-refractivity contribution in [3.05, 3.63) is 34.4 Å². The smallest absolute Gasteiger partial charge is 0.316 e. The highest BCUT2D eigenvalue weighted by Gasteiger charge is 2.66. The van der Waals surface area contributed by atoms with Crippen LogP contribution in [0, 0.1) is 22.2 Å². The lowest BCUT2D eigenvalue weighted by atomic mass is 9.50. The lowest BCUT2D eigenvalue weighted by Crippen LogP contribution is -2.51. The van der Waals surface area contributed by atoms with E-state index in [0.717, 1.165) is 42.4 Å². The third-order valence-electron chi connectivity index (χ3n) is 8.88. The first kappa shape index (κ1) is 19.0. The maximum atomic E-state index is 13.2. The highest BCUT2D eigenvalue weighted by molar-refractivity contribution is 5.96. The number of methoxy groups -OCH3 is 1. The predicted octanol–water partition coefficient (Wildman–Crippen LogP) is 3.22. The summed E-state index contributed by atoms with van der Waals surface area (Å²) < 4.78 is 5.10. The molecule has 5 aliphatic carbocycles. The van der Waals surface area contributed by atoms with Crippen molar-refractivity contribution in [2.75, 3.05) is 7.11 Å². The number of aliphatic hydroxyl groups is 1. The van der Waals surface area contributed by atoms with Crippen molar-refractivity contribution in [3.63, 3.8) is 0 Å². The second-order valence-corrected chi connectivity index (χ2v) is 9.95. The zero-order chi connectivity index (χ0) is 20.8. The van der Waals surface area contributed by atoms with Gasteiger partial charge in [-0.1, -0.05) is 25.5 Å². The summed E-state index contributed by atoms with van der Waals surface area (Å²) in [7, 11) is 1.33. The molecule has 1 N–H and O–H groups in total. The molecule has 0 amide bonds. The fraction of sp³-hybridized carbons (Fsp3) is 0.625. The number of hydrogen-bond donors (Lipinski definition) is 1. The molecule has 5 nitrogen and oxygen atoms in total. The minimum atomic E-state index is -1.10. The maximum Gasteiger partial charge on any atom is 0.316 e. The fourth-order valence-corrected chi connectivity index (χ4v) is 7.23. The Hall–Kier alpha value is -2.01. The molecule has 1 unspecified atom stereocenters. The van der Waals surface area contributed by atoms with E-state index in [0.29, 0.717) is 24.8 Å². The Labute approximate surface area is 170 Å². The van der Waals surface area contributed by atoms with Crippen molar-refractivity contribution >= 4 is 17.5 Å². The van der Waals surface area contributed by atoms with Crippen LogP contribution in [0.25, 0.3) is 0 Å².